The molecule has 0 aliphatic carbocycles. The summed E-state index contributed by atoms with van der Waals surface area (Å²) in [6.07, 6.45) is -4.00. The molecule has 0 atom stereocenters. The van der Waals surface area contributed by atoms with Gasteiger partial charge < -0.3 is 5.73 Å². The minimum atomic E-state index is -4.52. The van der Waals surface area contributed by atoms with Crippen LogP contribution in [0.15, 0.2) is 23.1 Å². The minimum Gasteiger partial charge on any atom is -0.389 e. The lowest BCUT2D eigenvalue weighted by atomic mass is 10.2. The first-order valence-corrected chi connectivity index (χ1v) is 7.49. The molecule has 0 amide bonds. The molecular formula is C10H9ClF4N2O2S2. The number of halogens is 5. The van der Waals surface area contributed by atoms with Crippen molar-refractivity contribution >= 4 is 38.8 Å². The third-order valence-corrected chi connectivity index (χ3v) is 4.44. The second-order valence-electron chi connectivity index (χ2n) is 3.90. The monoisotopic (exact) mass is 364 g/mol. The molecule has 0 saturated carbocycles. The molecule has 0 aliphatic rings. The third kappa shape index (κ3) is 4.50. The Labute approximate surface area is 128 Å². The molecule has 1 aromatic rings. The van der Waals surface area contributed by atoms with Crippen molar-refractivity contribution in [3.8, 4) is 0 Å². The molecule has 0 aromatic heterocycles. The summed E-state index contributed by atoms with van der Waals surface area (Å²) in [6, 6.07) is 3.45. The van der Waals surface area contributed by atoms with Crippen LogP contribution in [0.25, 0.3) is 0 Å². The van der Waals surface area contributed by atoms with Crippen LogP contribution in [0.4, 0.5) is 17.6 Å². The summed E-state index contributed by atoms with van der Waals surface area (Å²) in [4.78, 5) is -0.722. The quantitative estimate of drug-likeness (QED) is 0.599. The lowest BCUT2D eigenvalue weighted by molar-refractivity contribution is -0.122. The Kier molecular flexibility index (Phi) is 5.53. The first kappa shape index (κ1) is 18.1. The van der Waals surface area contributed by atoms with Crippen molar-refractivity contribution < 1.29 is 26.0 Å². The molecular weight excluding hydrogens is 356 g/mol. The Bertz CT molecular complexity index is 652. The van der Waals surface area contributed by atoms with Crippen molar-refractivity contribution in [2.24, 2.45) is 5.73 Å². The van der Waals surface area contributed by atoms with E-state index >= 15 is 0 Å². The molecule has 11 heteroatoms. The van der Waals surface area contributed by atoms with Gasteiger partial charge in [-0.3, -0.25) is 0 Å². The zero-order chi connectivity index (χ0) is 16.4. The van der Waals surface area contributed by atoms with Gasteiger partial charge in [-0.2, -0.15) is 8.78 Å². The highest BCUT2D eigenvalue weighted by molar-refractivity contribution is 7.89. The highest BCUT2D eigenvalue weighted by Crippen LogP contribution is 2.25. The largest absolute Gasteiger partial charge is 0.389 e. The van der Waals surface area contributed by atoms with Gasteiger partial charge in [0.1, 0.15) is 9.88 Å². The topological polar surface area (TPSA) is 72.2 Å². The van der Waals surface area contributed by atoms with Crippen LogP contribution in [0.5, 0.6) is 0 Å². The van der Waals surface area contributed by atoms with E-state index in [0.29, 0.717) is 0 Å². The van der Waals surface area contributed by atoms with Crippen LogP contribution in [0.2, 0.25) is 5.02 Å². The van der Waals surface area contributed by atoms with E-state index in [1.807, 2.05) is 0 Å². The van der Waals surface area contributed by atoms with Gasteiger partial charge in [0.25, 0.3) is 0 Å². The smallest absolute Gasteiger partial charge is 0.320 e. The molecule has 0 spiro atoms. The molecule has 0 aliphatic heterocycles. The van der Waals surface area contributed by atoms with E-state index in [2.05, 4.69) is 12.2 Å². The van der Waals surface area contributed by atoms with Gasteiger partial charge in [-0.25, -0.2) is 21.9 Å². The number of hydrogen-bond donors (Lipinski definition) is 2. The number of thiocarbonyl (C=S) groups is 1. The number of hydrogen-bond acceptors (Lipinski definition) is 3. The maximum Gasteiger partial charge on any atom is 0.320 e. The molecule has 0 heterocycles. The number of nitrogens with two attached hydrogens (primary N) is 1. The summed E-state index contributed by atoms with van der Waals surface area (Å²) in [5, 5.41) is -0.289. The lowest BCUT2D eigenvalue weighted by Gasteiger charge is -2.16. The Morgan fingerprint density at radius 1 is 1.43 bits per heavy atom. The standard InChI is InChI=1S/C10H9ClF4N2O2S2/c11-6-2-1-5(8(16)20)3-7(6)21(18,19)17-4-10(14,15)9(12)13/h1-3,9,17H,4H2,(H2,16,20). The SMILES string of the molecule is NC(=S)c1ccc(Cl)c(S(=O)(=O)NCC(F)(F)C(F)F)c1. The summed E-state index contributed by atoms with van der Waals surface area (Å²) >= 11 is 10.3. The van der Waals surface area contributed by atoms with E-state index in [9.17, 15) is 26.0 Å². The van der Waals surface area contributed by atoms with Crippen LogP contribution in [0.3, 0.4) is 0 Å². The van der Waals surface area contributed by atoms with Crippen molar-refractivity contribution in [3.05, 3.63) is 28.8 Å². The number of sulfonamides is 1. The van der Waals surface area contributed by atoms with E-state index in [0.717, 1.165) is 12.1 Å². The summed E-state index contributed by atoms with van der Waals surface area (Å²) < 4.78 is 74.5. The number of alkyl halides is 4. The first-order chi connectivity index (χ1) is 9.47. The highest BCUT2D eigenvalue weighted by atomic mass is 35.5. The number of nitrogens with one attached hydrogen (secondary N) is 1. The first-order valence-electron chi connectivity index (χ1n) is 5.22. The molecule has 1 rings (SSSR count). The van der Waals surface area contributed by atoms with Gasteiger partial charge in [0.05, 0.1) is 11.6 Å². The van der Waals surface area contributed by atoms with Gasteiger partial charge in [0.2, 0.25) is 10.0 Å². The summed E-state index contributed by atoms with van der Waals surface area (Å²) in [5.74, 6) is -4.50. The summed E-state index contributed by atoms with van der Waals surface area (Å²) in [6.45, 7) is -1.76. The molecule has 0 bridgehead atoms. The van der Waals surface area contributed by atoms with Crippen LogP contribution in [0, 0.1) is 0 Å². The predicted molar refractivity (Wildman–Crippen MR) is 73.5 cm³/mol. The molecule has 3 N–H and O–H groups in total. The van der Waals surface area contributed by atoms with E-state index < -0.39 is 33.8 Å². The van der Waals surface area contributed by atoms with Crippen molar-refractivity contribution in [2.75, 3.05) is 6.54 Å². The molecule has 0 fully saturated rings. The Balaban J connectivity index is 3.09. The van der Waals surface area contributed by atoms with Crippen LogP contribution in [-0.4, -0.2) is 32.3 Å². The van der Waals surface area contributed by atoms with Crippen LogP contribution >= 0.6 is 23.8 Å². The molecule has 118 valence electrons. The third-order valence-electron chi connectivity index (χ3n) is 2.32. The Morgan fingerprint density at radius 2 is 2.00 bits per heavy atom. The normalized spacial score (nSPS) is 12.7. The zero-order valence-corrected chi connectivity index (χ0v) is 12.5. The van der Waals surface area contributed by atoms with E-state index in [4.69, 9.17) is 17.3 Å². The molecule has 1 aromatic carbocycles. The second kappa shape index (κ2) is 6.42. The van der Waals surface area contributed by atoms with Crippen LogP contribution < -0.4 is 10.5 Å². The van der Waals surface area contributed by atoms with Crippen LogP contribution in [0.1, 0.15) is 5.56 Å². The predicted octanol–water partition coefficient (Wildman–Crippen LogP) is 2.15. The fourth-order valence-corrected chi connectivity index (χ4v) is 2.90. The summed E-state index contributed by atoms with van der Waals surface area (Å²) in [7, 11) is -4.52. The van der Waals surface area contributed by atoms with Crippen molar-refractivity contribution in [2.45, 2.75) is 17.2 Å². The van der Waals surface area contributed by atoms with Crippen molar-refractivity contribution in [1.82, 2.24) is 4.72 Å². The van der Waals surface area contributed by atoms with Crippen molar-refractivity contribution in [1.29, 1.82) is 0 Å². The molecule has 0 radical (unpaired) electrons. The molecule has 4 nitrogen and oxygen atoms in total. The zero-order valence-electron chi connectivity index (χ0n) is 10.1. The maximum absolute atomic E-state index is 12.7. The molecule has 0 saturated heterocycles. The fraction of sp³-hybridized carbons (Fsp3) is 0.300. The Morgan fingerprint density at radius 3 is 2.48 bits per heavy atom. The van der Waals surface area contributed by atoms with Gasteiger partial charge in [-0.15, -0.1) is 0 Å². The Hall–Kier alpha value is -0.970. The van der Waals surface area contributed by atoms with Crippen LogP contribution in [-0.2, 0) is 10.0 Å². The van der Waals surface area contributed by atoms with Gasteiger partial charge >= 0.3 is 12.3 Å². The van der Waals surface area contributed by atoms with Gasteiger partial charge in [-0.1, -0.05) is 29.9 Å². The minimum absolute atomic E-state index is 0.135. The van der Waals surface area contributed by atoms with E-state index in [1.54, 1.807) is 0 Å². The number of rotatable bonds is 6. The average Bonchev–Trinajstić information content (AvgIpc) is 2.36. The second-order valence-corrected chi connectivity index (χ2v) is 6.48. The van der Waals surface area contributed by atoms with Gasteiger partial charge in [0.15, 0.2) is 0 Å². The summed E-state index contributed by atoms with van der Waals surface area (Å²) in [5.41, 5.74) is 5.45. The lowest BCUT2D eigenvalue weighted by Crippen LogP contribution is -2.41. The van der Waals surface area contributed by atoms with Gasteiger partial charge in [0, 0.05) is 5.56 Å². The van der Waals surface area contributed by atoms with E-state index in [-0.39, 0.29) is 15.6 Å². The van der Waals surface area contributed by atoms with E-state index in [1.165, 1.54) is 10.8 Å². The van der Waals surface area contributed by atoms with Crippen molar-refractivity contribution in [3.63, 3.8) is 0 Å². The molecule has 21 heavy (non-hydrogen) atoms. The highest BCUT2D eigenvalue weighted by Gasteiger charge is 2.41. The maximum atomic E-state index is 12.7. The fourth-order valence-electron chi connectivity index (χ4n) is 1.21. The van der Waals surface area contributed by atoms with Gasteiger partial charge in [-0.05, 0) is 12.1 Å². The number of benzene rings is 1. The molecule has 0 unspecified atom stereocenters. The average molecular weight is 365 g/mol.